The first-order chi connectivity index (χ1) is 11.1. The van der Waals surface area contributed by atoms with Crippen LogP contribution >= 0.6 is 11.6 Å². The van der Waals surface area contributed by atoms with Gasteiger partial charge in [-0.3, -0.25) is 4.79 Å². The minimum Gasteiger partial charge on any atom is -0.507 e. The van der Waals surface area contributed by atoms with E-state index in [-0.39, 0.29) is 11.7 Å². The fourth-order valence-corrected chi connectivity index (χ4v) is 1.96. The second-order valence-corrected chi connectivity index (χ2v) is 5.20. The van der Waals surface area contributed by atoms with E-state index in [9.17, 15) is 9.90 Å². The van der Waals surface area contributed by atoms with Gasteiger partial charge in [-0.1, -0.05) is 30.7 Å². The van der Waals surface area contributed by atoms with Crippen molar-refractivity contribution >= 4 is 23.7 Å². The Morgan fingerprint density at radius 3 is 2.65 bits per heavy atom. The van der Waals surface area contributed by atoms with Crippen LogP contribution in [0.5, 0.6) is 11.5 Å². The summed E-state index contributed by atoms with van der Waals surface area (Å²) in [5.74, 6) is 0.283. The number of phenolic OH excluding ortho intramolecular Hbond substituents is 1. The molecule has 0 aliphatic heterocycles. The Kier molecular flexibility index (Phi) is 6.00. The smallest absolute Gasteiger partial charge is 0.281 e. The minimum absolute atomic E-state index is 0.0926. The monoisotopic (exact) mass is 332 g/mol. The fraction of sp³-hybridized carbons (Fsp3) is 0.176. The molecule has 0 aliphatic carbocycles. The Balaban J connectivity index is 1.95. The van der Waals surface area contributed by atoms with Gasteiger partial charge in [0.1, 0.15) is 11.5 Å². The lowest BCUT2D eigenvalue weighted by Crippen LogP contribution is -2.35. The van der Waals surface area contributed by atoms with Crippen molar-refractivity contribution in [2.24, 2.45) is 5.10 Å². The third kappa shape index (κ3) is 5.00. The van der Waals surface area contributed by atoms with Gasteiger partial charge in [0, 0.05) is 10.6 Å². The van der Waals surface area contributed by atoms with Crippen molar-refractivity contribution in [2.45, 2.75) is 19.4 Å². The number of amides is 1. The molecule has 0 aromatic heterocycles. The number of rotatable bonds is 6. The number of carbonyl (C=O) groups is 1. The van der Waals surface area contributed by atoms with Crippen LogP contribution in [0.3, 0.4) is 0 Å². The molecule has 0 spiro atoms. The van der Waals surface area contributed by atoms with Crippen molar-refractivity contribution < 1.29 is 14.6 Å². The summed E-state index contributed by atoms with van der Waals surface area (Å²) < 4.78 is 5.61. The summed E-state index contributed by atoms with van der Waals surface area (Å²) in [6.45, 7) is 1.84. The quantitative estimate of drug-likeness (QED) is 0.629. The molecule has 2 N–H and O–H groups in total. The van der Waals surface area contributed by atoms with E-state index in [4.69, 9.17) is 16.3 Å². The van der Waals surface area contributed by atoms with Gasteiger partial charge in [0.25, 0.3) is 5.91 Å². The highest BCUT2D eigenvalue weighted by Crippen LogP contribution is 2.17. The van der Waals surface area contributed by atoms with E-state index in [2.05, 4.69) is 10.5 Å². The summed E-state index contributed by atoms with van der Waals surface area (Å²) in [7, 11) is 0. The van der Waals surface area contributed by atoms with E-state index in [0.717, 1.165) is 0 Å². The zero-order valence-corrected chi connectivity index (χ0v) is 13.3. The van der Waals surface area contributed by atoms with Crippen LogP contribution in [-0.2, 0) is 4.79 Å². The fourth-order valence-electron chi connectivity index (χ4n) is 1.83. The highest BCUT2D eigenvalue weighted by Gasteiger charge is 2.17. The highest BCUT2D eigenvalue weighted by molar-refractivity contribution is 6.30. The van der Waals surface area contributed by atoms with Crippen LogP contribution in [0, 0.1) is 0 Å². The maximum Gasteiger partial charge on any atom is 0.281 e. The van der Waals surface area contributed by atoms with Crippen LogP contribution in [-0.4, -0.2) is 23.3 Å². The molecule has 0 heterocycles. The predicted molar refractivity (Wildman–Crippen MR) is 90.0 cm³/mol. The molecule has 0 bridgehead atoms. The van der Waals surface area contributed by atoms with Gasteiger partial charge in [-0.05, 0) is 42.8 Å². The van der Waals surface area contributed by atoms with Gasteiger partial charge in [0.2, 0.25) is 0 Å². The van der Waals surface area contributed by atoms with Crippen LogP contribution < -0.4 is 10.2 Å². The Morgan fingerprint density at radius 2 is 2.00 bits per heavy atom. The van der Waals surface area contributed by atoms with E-state index >= 15 is 0 Å². The Labute approximate surface area is 139 Å². The summed E-state index contributed by atoms with van der Waals surface area (Å²) >= 11 is 5.81. The molecule has 120 valence electrons. The van der Waals surface area contributed by atoms with Crippen molar-refractivity contribution in [3.05, 3.63) is 59.1 Å². The Bertz CT molecular complexity index is 686. The standard InChI is InChI=1S/C17H17ClN2O3/c1-2-16(23-14-9-7-13(18)8-10-14)17(22)20-19-11-12-5-3-4-6-15(12)21/h3-11,16,21H,2H2,1H3,(H,20,22)/b19-11-/t16-/m1/s1. The SMILES string of the molecule is CC[C@@H](Oc1ccc(Cl)cc1)C(=O)N/N=C\c1ccccc1O. The molecule has 1 amide bonds. The number of carbonyl (C=O) groups excluding carboxylic acids is 1. The second-order valence-electron chi connectivity index (χ2n) is 4.76. The van der Waals surface area contributed by atoms with Gasteiger partial charge in [0.05, 0.1) is 6.21 Å². The van der Waals surface area contributed by atoms with Crippen LogP contribution in [0.1, 0.15) is 18.9 Å². The molecule has 0 unspecified atom stereocenters. The number of hydrogen-bond acceptors (Lipinski definition) is 4. The average molecular weight is 333 g/mol. The predicted octanol–water partition coefficient (Wildman–Crippen LogP) is 3.35. The largest absolute Gasteiger partial charge is 0.507 e. The maximum atomic E-state index is 12.1. The van der Waals surface area contributed by atoms with Crippen molar-refractivity contribution in [1.82, 2.24) is 5.43 Å². The molecule has 0 saturated heterocycles. The van der Waals surface area contributed by atoms with E-state index in [1.54, 1.807) is 48.5 Å². The number of hydrazone groups is 1. The third-order valence-corrected chi connectivity index (χ3v) is 3.32. The van der Waals surface area contributed by atoms with E-state index in [0.29, 0.717) is 22.8 Å². The number of phenols is 1. The van der Waals surface area contributed by atoms with Crippen molar-refractivity contribution in [3.63, 3.8) is 0 Å². The molecule has 0 fully saturated rings. The molecule has 0 saturated carbocycles. The maximum absolute atomic E-state index is 12.1. The van der Waals surface area contributed by atoms with Crippen LogP contribution in [0.4, 0.5) is 0 Å². The lowest BCUT2D eigenvalue weighted by molar-refractivity contribution is -0.128. The first kappa shape index (κ1) is 16.8. The molecule has 2 rings (SSSR count). The van der Waals surface area contributed by atoms with Gasteiger partial charge < -0.3 is 9.84 Å². The number of halogens is 1. The average Bonchev–Trinajstić information content (AvgIpc) is 2.56. The summed E-state index contributed by atoms with van der Waals surface area (Å²) in [4.78, 5) is 12.1. The van der Waals surface area contributed by atoms with E-state index < -0.39 is 6.10 Å². The topological polar surface area (TPSA) is 70.9 Å². The zero-order chi connectivity index (χ0) is 16.7. The van der Waals surface area contributed by atoms with Crippen molar-refractivity contribution in [3.8, 4) is 11.5 Å². The lowest BCUT2D eigenvalue weighted by atomic mass is 10.2. The summed E-state index contributed by atoms with van der Waals surface area (Å²) in [6, 6.07) is 13.5. The first-order valence-corrected chi connectivity index (χ1v) is 7.51. The number of para-hydroxylation sites is 1. The van der Waals surface area contributed by atoms with Gasteiger partial charge in [0.15, 0.2) is 6.10 Å². The van der Waals surface area contributed by atoms with Gasteiger partial charge in [-0.25, -0.2) is 5.43 Å². The number of aromatic hydroxyl groups is 1. The molecule has 6 heteroatoms. The first-order valence-electron chi connectivity index (χ1n) is 7.13. The number of ether oxygens (including phenoxy) is 1. The molecule has 2 aromatic carbocycles. The van der Waals surface area contributed by atoms with E-state index in [1.165, 1.54) is 6.21 Å². The molecular formula is C17H17ClN2O3. The summed E-state index contributed by atoms with van der Waals surface area (Å²) in [6.07, 6.45) is 1.20. The summed E-state index contributed by atoms with van der Waals surface area (Å²) in [5, 5.41) is 14.0. The molecular weight excluding hydrogens is 316 g/mol. The van der Waals surface area contributed by atoms with Gasteiger partial charge in [-0.15, -0.1) is 0 Å². The molecule has 5 nitrogen and oxygen atoms in total. The van der Waals surface area contributed by atoms with Crippen LogP contribution in [0.2, 0.25) is 5.02 Å². The lowest BCUT2D eigenvalue weighted by Gasteiger charge is -2.15. The number of nitrogens with zero attached hydrogens (tertiary/aromatic N) is 1. The number of nitrogens with one attached hydrogen (secondary N) is 1. The minimum atomic E-state index is -0.669. The van der Waals surface area contributed by atoms with Crippen LogP contribution in [0.15, 0.2) is 53.6 Å². The van der Waals surface area contributed by atoms with Gasteiger partial charge in [-0.2, -0.15) is 5.10 Å². The van der Waals surface area contributed by atoms with Gasteiger partial charge >= 0.3 is 0 Å². The molecule has 2 aromatic rings. The highest BCUT2D eigenvalue weighted by atomic mass is 35.5. The normalized spacial score (nSPS) is 12.1. The van der Waals surface area contributed by atoms with Crippen molar-refractivity contribution in [1.29, 1.82) is 0 Å². The van der Waals surface area contributed by atoms with Crippen LogP contribution in [0.25, 0.3) is 0 Å². The second kappa shape index (κ2) is 8.19. The molecule has 0 aliphatic rings. The number of hydrogen-bond donors (Lipinski definition) is 2. The van der Waals surface area contributed by atoms with Crippen molar-refractivity contribution in [2.75, 3.05) is 0 Å². The number of benzene rings is 2. The molecule has 0 radical (unpaired) electrons. The Morgan fingerprint density at radius 1 is 1.30 bits per heavy atom. The molecule has 1 atom stereocenters. The summed E-state index contributed by atoms with van der Waals surface area (Å²) in [5.41, 5.74) is 2.92. The molecule has 23 heavy (non-hydrogen) atoms. The Hall–Kier alpha value is -2.53. The zero-order valence-electron chi connectivity index (χ0n) is 12.6. The third-order valence-electron chi connectivity index (χ3n) is 3.07. The van der Waals surface area contributed by atoms with E-state index in [1.807, 2.05) is 6.92 Å².